The van der Waals surface area contributed by atoms with Gasteiger partial charge in [0.1, 0.15) is 0 Å². The van der Waals surface area contributed by atoms with E-state index in [0.717, 1.165) is 6.04 Å². The van der Waals surface area contributed by atoms with Gasteiger partial charge >= 0.3 is 0 Å². The Morgan fingerprint density at radius 3 is 2.07 bits per heavy atom. The van der Waals surface area contributed by atoms with Crippen LogP contribution in [0.25, 0.3) is 0 Å². The van der Waals surface area contributed by atoms with Gasteiger partial charge in [-0.05, 0) is 49.0 Å². The molecular weight excluding hydrogens is 202 g/mol. The maximum atomic E-state index is 3.80. The minimum Gasteiger partial charge on any atom is -0.313 e. The van der Waals surface area contributed by atoms with Crippen molar-refractivity contribution in [2.45, 2.75) is 58.9 Å². The van der Waals surface area contributed by atoms with Gasteiger partial charge in [-0.1, -0.05) is 20.8 Å². The SMILES string of the molecule is CCC(CC)(CC)CNC1CCSCC1. The van der Waals surface area contributed by atoms with E-state index in [-0.39, 0.29) is 0 Å². The standard InChI is InChI=1S/C13H27NS/c1-4-13(5-2,6-3)11-14-12-7-9-15-10-8-12/h12,14H,4-11H2,1-3H3. The van der Waals surface area contributed by atoms with E-state index < -0.39 is 0 Å². The molecule has 0 amide bonds. The molecule has 0 spiro atoms. The minimum atomic E-state index is 0.560. The highest BCUT2D eigenvalue weighted by Crippen LogP contribution is 2.30. The highest BCUT2D eigenvalue weighted by molar-refractivity contribution is 7.99. The summed E-state index contributed by atoms with van der Waals surface area (Å²) < 4.78 is 0. The van der Waals surface area contributed by atoms with Crippen LogP contribution >= 0.6 is 11.8 Å². The average molecular weight is 229 g/mol. The molecule has 0 saturated carbocycles. The molecule has 1 nitrogen and oxygen atoms in total. The molecular formula is C13H27NS. The zero-order valence-electron chi connectivity index (χ0n) is 10.6. The van der Waals surface area contributed by atoms with Crippen LogP contribution in [-0.4, -0.2) is 24.1 Å². The van der Waals surface area contributed by atoms with Crippen LogP contribution in [0.1, 0.15) is 52.9 Å². The van der Waals surface area contributed by atoms with Crippen LogP contribution in [-0.2, 0) is 0 Å². The zero-order chi connectivity index (χ0) is 11.1. The maximum absolute atomic E-state index is 3.80. The Labute approximate surface area is 99.8 Å². The molecule has 2 heteroatoms. The van der Waals surface area contributed by atoms with Gasteiger partial charge < -0.3 is 5.32 Å². The molecule has 1 saturated heterocycles. The molecule has 0 aromatic carbocycles. The summed E-state index contributed by atoms with van der Waals surface area (Å²) in [6.07, 6.45) is 6.69. The van der Waals surface area contributed by atoms with Gasteiger partial charge in [0.2, 0.25) is 0 Å². The molecule has 1 aliphatic heterocycles. The summed E-state index contributed by atoms with van der Waals surface area (Å²) in [6, 6.07) is 0.801. The number of hydrogen-bond acceptors (Lipinski definition) is 2. The first-order valence-corrected chi connectivity index (χ1v) is 7.73. The normalized spacial score (nSPS) is 19.4. The number of nitrogens with one attached hydrogen (secondary N) is 1. The smallest absolute Gasteiger partial charge is 0.00830 e. The lowest BCUT2D eigenvalue weighted by Gasteiger charge is -2.34. The van der Waals surface area contributed by atoms with Gasteiger partial charge in [-0.15, -0.1) is 0 Å². The monoisotopic (exact) mass is 229 g/mol. The molecule has 0 unspecified atom stereocenters. The lowest BCUT2D eigenvalue weighted by molar-refractivity contribution is 0.225. The second-order valence-corrected chi connectivity index (χ2v) is 6.05. The Morgan fingerprint density at radius 2 is 1.60 bits per heavy atom. The number of hydrogen-bond donors (Lipinski definition) is 1. The van der Waals surface area contributed by atoms with Crippen molar-refractivity contribution in [2.24, 2.45) is 5.41 Å². The number of rotatable bonds is 6. The summed E-state index contributed by atoms with van der Waals surface area (Å²) >= 11 is 2.11. The fourth-order valence-electron chi connectivity index (χ4n) is 2.39. The molecule has 90 valence electrons. The van der Waals surface area contributed by atoms with Crippen LogP contribution in [0.5, 0.6) is 0 Å². The Hall–Kier alpha value is 0.310. The average Bonchev–Trinajstić information content (AvgIpc) is 2.33. The fraction of sp³-hybridized carbons (Fsp3) is 1.00. The molecule has 0 aromatic heterocycles. The van der Waals surface area contributed by atoms with E-state index >= 15 is 0 Å². The second kappa shape index (κ2) is 6.80. The Kier molecular flexibility index (Phi) is 6.06. The molecule has 1 aliphatic rings. The van der Waals surface area contributed by atoms with E-state index in [1.165, 1.54) is 50.2 Å². The van der Waals surface area contributed by atoms with Crippen molar-refractivity contribution in [1.29, 1.82) is 0 Å². The zero-order valence-corrected chi connectivity index (χ0v) is 11.5. The molecule has 1 heterocycles. The van der Waals surface area contributed by atoms with Gasteiger partial charge in [0.05, 0.1) is 0 Å². The van der Waals surface area contributed by atoms with E-state index in [9.17, 15) is 0 Å². The first kappa shape index (κ1) is 13.4. The van der Waals surface area contributed by atoms with Crippen LogP contribution in [0.4, 0.5) is 0 Å². The van der Waals surface area contributed by atoms with Crippen LogP contribution in [0.15, 0.2) is 0 Å². The highest BCUT2D eigenvalue weighted by atomic mass is 32.2. The Balaban J connectivity index is 2.31. The summed E-state index contributed by atoms with van der Waals surface area (Å²) in [6.45, 7) is 8.24. The predicted octanol–water partition coefficient (Wildman–Crippen LogP) is 3.69. The Morgan fingerprint density at radius 1 is 1.07 bits per heavy atom. The molecule has 0 aromatic rings. The Bertz CT molecular complexity index is 152. The van der Waals surface area contributed by atoms with Crippen LogP contribution in [0.2, 0.25) is 0 Å². The summed E-state index contributed by atoms with van der Waals surface area (Å²) in [4.78, 5) is 0. The fourth-order valence-corrected chi connectivity index (χ4v) is 3.49. The van der Waals surface area contributed by atoms with Crippen molar-refractivity contribution in [3.63, 3.8) is 0 Å². The second-order valence-electron chi connectivity index (χ2n) is 4.83. The summed E-state index contributed by atoms with van der Waals surface area (Å²) in [7, 11) is 0. The van der Waals surface area contributed by atoms with Crippen molar-refractivity contribution in [2.75, 3.05) is 18.1 Å². The van der Waals surface area contributed by atoms with E-state index in [2.05, 4.69) is 37.8 Å². The first-order valence-electron chi connectivity index (χ1n) is 6.57. The molecule has 0 aliphatic carbocycles. The third kappa shape index (κ3) is 3.99. The van der Waals surface area contributed by atoms with Crippen molar-refractivity contribution in [1.82, 2.24) is 5.32 Å². The van der Waals surface area contributed by atoms with E-state index in [4.69, 9.17) is 0 Å². The maximum Gasteiger partial charge on any atom is 0.00830 e. The van der Waals surface area contributed by atoms with Crippen molar-refractivity contribution in [3.05, 3.63) is 0 Å². The molecule has 1 N–H and O–H groups in total. The summed E-state index contributed by atoms with van der Waals surface area (Å²) in [5, 5.41) is 3.80. The van der Waals surface area contributed by atoms with E-state index in [1.807, 2.05) is 0 Å². The lowest BCUT2D eigenvalue weighted by atomic mass is 9.79. The largest absolute Gasteiger partial charge is 0.313 e. The minimum absolute atomic E-state index is 0.560. The van der Waals surface area contributed by atoms with Gasteiger partial charge in [0, 0.05) is 12.6 Å². The molecule has 0 radical (unpaired) electrons. The van der Waals surface area contributed by atoms with Gasteiger partial charge in [-0.3, -0.25) is 0 Å². The van der Waals surface area contributed by atoms with Gasteiger partial charge in [0.25, 0.3) is 0 Å². The third-order valence-corrected chi connectivity index (χ3v) is 5.29. The molecule has 15 heavy (non-hydrogen) atoms. The molecule has 1 rings (SSSR count). The van der Waals surface area contributed by atoms with E-state index in [0.29, 0.717) is 5.41 Å². The van der Waals surface area contributed by atoms with Crippen LogP contribution in [0.3, 0.4) is 0 Å². The van der Waals surface area contributed by atoms with Crippen molar-refractivity contribution in [3.8, 4) is 0 Å². The van der Waals surface area contributed by atoms with E-state index in [1.54, 1.807) is 0 Å². The molecule has 0 atom stereocenters. The highest BCUT2D eigenvalue weighted by Gasteiger charge is 2.25. The summed E-state index contributed by atoms with van der Waals surface area (Å²) in [5.74, 6) is 2.71. The first-order chi connectivity index (χ1) is 7.26. The van der Waals surface area contributed by atoms with Crippen molar-refractivity contribution >= 4 is 11.8 Å². The topological polar surface area (TPSA) is 12.0 Å². The molecule has 1 fully saturated rings. The van der Waals surface area contributed by atoms with Gasteiger partial charge in [0.15, 0.2) is 0 Å². The third-order valence-electron chi connectivity index (χ3n) is 4.24. The predicted molar refractivity (Wildman–Crippen MR) is 71.7 cm³/mol. The molecule has 0 bridgehead atoms. The van der Waals surface area contributed by atoms with Gasteiger partial charge in [-0.25, -0.2) is 0 Å². The van der Waals surface area contributed by atoms with Gasteiger partial charge in [-0.2, -0.15) is 11.8 Å². The number of thioether (sulfide) groups is 1. The van der Waals surface area contributed by atoms with Crippen LogP contribution in [0, 0.1) is 5.41 Å². The quantitative estimate of drug-likeness (QED) is 0.745. The van der Waals surface area contributed by atoms with Crippen LogP contribution < -0.4 is 5.32 Å². The lowest BCUT2D eigenvalue weighted by Crippen LogP contribution is -2.40. The summed E-state index contributed by atoms with van der Waals surface area (Å²) in [5.41, 5.74) is 0.560. The van der Waals surface area contributed by atoms with Crippen molar-refractivity contribution < 1.29 is 0 Å².